The van der Waals surface area contributed by atoms with Crippen LogP contribution in [0.3, 0.4) is 0 Å². The van der Waals surface area contributed by atoms with Gasteiger partial charge in [-0.2, -0.15) is 0 Å². The number of benzene rings is 8. The van der Waals surface area contributed by atoms with Gasteiger partial charge in [-0.15, -0.1) is 13.2 Å². The van der Waals surface area contributed by atoms with Crippen LogP contribution >= 0.6 is 11.6 Å². The molecule has 0 aliphatic carbocycles. The monoisotopic (exact) mass is 1830 g/mol. The standard InChI is InChI=1S/C28H35N3O3.C27H33FN2O.C26H32ClN3O3.C25H27F4N3O2/c1-18(2)30-14-20-10-11-21(15-30)31(20)17-25-26(33-4)12-19(13-27(25)34-5)24-16-29(3)28(32)23-9-7-6-8-22(23)24;1-17(2)20-10-12-30(13-11-20)19(4)23-8-6-21(14-18(23)3)26-16-29(5)27(31)25-15-22(28)7-9-24(25)26;1-17(2)30-10-8-29(9-11-30)16-23-24(32-4)12-18(13-25(23)33-5)22-15-28(3)26(31)21-14-19(27)6-7-20(21)22;1-16(2)32-10-8-31(9-11-32)14-18-5-4-17(12-23(18)34-25(27,28)29)22-15-30(3)24(33)21-13-19(26)6-7-20(21)22/h6-9,12-13,16,18,20-21H,10-11,14-15,17H2,1-5H3;6-9,14-17,19-20H,10-13H2,1-5H3;6-7,12-15,17H,8-11,16H2,1-5H3;4-7,12-13,15-16H,8-11,14H2,1-3H3. The van der Waals surface area contributed by atoms with Crippen LogP contribution in [-0.2, 0) is 47.8 Å². The normalized spacial score (nSPS) is 17.3. The first-order chi connectivity index (χ1) is 63.0. The first kappa shape index (κ1) is 97.3. The molecule has 4 aromatic heterocycles. The fourth-order valence-electron chi connectivity index (χ4n) is 20.0. The number of aromatic nitrogens is 4. The molecule has 3 atom stereocenters. The molecule has 5 fully saturated rings. The van der Waals surface area contributed by atoms with Gasteiger partial charge in [-0.25, -0.2) is 8.78 Å². The number of hydrogen-bond donors (Lipinski definition) is 0. The van der Waals surface area contributed by atoms with Gasteiger partial charge in [0.15, 0.2) is 0 Å². The van der Waals surface area contributed by atoms with Crippen molar-refractivity contribution in [3.05, 3.63) is 250 Å². The van der Waals surface area contributed by atoms with Crippen molar-refractivity contribution in [2.75, 3.05) is 107 Å². The molecule has 0 N–H and O–H groups in total. The fraction of sp³-hybridized carbons (Fsp3) is 0.434. The van der Waals surface area contributed by atoms with E-state index in [1.807, 2.05) is 67.1 Å². The Morgan fingerprint density at radius 2 is 0.780 bits per heavy atom. The average Bonchev–Trinajstić information content (AvgIpc) is 0.865. The zero-order valence-electron chi connectivity index (χ0n) is 79.5. The van der Waals surface area contributed by atoms with E-state index in [-0.39, 0.29) is 39.2 Å². The third-order valence-corrected chi connectivity index (χ3v) is 28.1. The SMILES string of the molecule is CC(C)N1CCN(Cc2ccc(-c3cn(C)c(=O)c4cc(F)ccc34)cc2OC(F)(F)F)CC1.COc1cc(-c2cn(C)c(=O)c3cc(Cl)ccc23)cc(OC)c1CN1CCN(C(C)C)CC1.COc1cc(-c2cn(C)c(=O)c3ccccc23)cc(OC)c1CN1C2CCC1CN(C(C)C)C2.Cc1cc(-c2cn(C)c(=O)c3cc(F)ccc23)ccc1C(C)N1CCC(C(C)C)CC1. The average molecular weight is 1830 g/mol. The lowest BCUT2D eigenvalue weighted by atomic mass is 9.85. The molecule has 5 aliphatic heterocycles. The molecule has 17 rings (SSSR count). The molecule has 9 heterocycles. The van der Waals surface area contributed by atoms with Crippen LogP contribution in [0.2, 0.25) is 5.02 Å². The highest BCUT2D eigenvalue weighted by Gasteiger charge is 2.42. The van der Waals surface area contributed by atoms with Crippen molar-refractivity contribution in [2.24, 2.45) is 40.0 Å². The topological polar surface area (TPSA) is 157 Å². The summed E-state index contributed by atoms with van der Waals surface area (Å²) in [6.45, 7) is 36.3. The molecule has 0 amide bonds. The van der Waals surface area contributed by atoms with Gasteiger partial charge in [-0.05, 0) is 234 Å². The first-order valence-electron chi connectivity index (χ1n) is 46.1. The maximum Gasteiger partial charge on any atom is 0.573 e. The van der Waals surface area contributed by atoms with Crippen molar-refractivity contribution in [2.45, 2.75) is 157 Å². The number of alkyl halides is 3. The van der Waals surface area contributed by atoms with E-state index in [0.717, 1.165) is 193 Å². The molecule has 0 spiro atoms. The maximum absolute atomic E-state index is 13.8. The van der Waals surface area contributed by atoms with Crippen molar-refractivity contribution < 1.29 is 45.6 Å². The molecule has 26 heteroatoms. The number of nitrogens with zero attached hydrogens (tertiary/aromatic N) is 11. The van der Waals surface area contributed by atoms with E-state index in [9.17, 15) is 41.1 Å². The van der Waals surface area contributed by atoms with Gasteiger partial charge in [-0.1, -0.05) is 92.2 Å². The lowest BCUT2D eigenvalue weighted by Crippen LogP contribution is -2.54. The van der Waals surface area contributed by atoms with Gasteiger partial charge in [0.1, 0.15) is 40.4 Å². The van der Waals surface area contributed by atoms with Crippen molar-refractivity contribution in [1.82, 2.24) is 52.6 Å². The van der Waals surface area contributed by atoms with Crippen LogP contribution in [-0.4, -0.2) is 196 Å². The van der Waals surface area contributed by atoms with Gasteiger partial charge in [0, 0.05) is 218 Å². The fourth-order valence-corrected chi connectivity index (χ4v) is 20.2. The van der Waals surface area contributed by atoms with Gasteiger partial charge in [0.05, 0.1) is 50.3 Å². The molecule has 20 nitrogen and oxygen atoms in total. The number of rotatable bonds is 21. The third-order valence-electron chi connectivity index (χ3n) is 27.8. The summed E-state index contributed by atoms with van der Waals surface area (Å²) in [7, 11) is 13.6. The van der Waals surface area contributed by atoms with E-state index in [4.69, 9.17) is 30.5 Å². The molecule has 2 bridgehead atoms. The Kier molecular flexibility index (Phi) is 30.8. The number of piperidine rings is 1. The zero-order valence-corrected chi connectivity index (χ0v) is 80.3. The lowest BCUT2D eigenvalue weighted by molar-refractivity contribution is -0.275. The number of aryl methyl sites for hydroxylation is 5. The Hall–Kier alpha value is -10.7. The number of likely N-dealkylation sites (tertiary alicyclic amines) is 2. The van der Waals surface area contributed by atoms with E-state index in [1.165, 1.54) is 78.8 Å². The van der Waals surface area contributed by atoms with Crippen molar-refractivity contribution >= 4 is 54.7 Å². The number of hydrogen-bond acceptors (Lipinski definition) is 16. The van der Waals surface area contributed by atoms with Gasteiger partial charge < -0.3 is 42.0 Å². The Balaban J connectivity index is 0.000000142. The van der Waals surface area contributed by atoms with E-state index in [1.54, 1.807) is 93.7 Å². The van der Waals surface area contributed by atoms with Crippen LogP contribution in [0.25, 0.3) is 87.6 Å². The van der Waals surface area contributed by atoms with Crippen LogP contribution in [0.4, 0.5) is 22.0 Å². The Bertz CT molecular complexity index is 6360. The summed E-state index contributed by atoms with van der Waals surface area (Å²) < 4.78 is 101. The van der Waals surface area contributed by atoms with Crippen LogP contribution in [0.5, 0.6) is 28.7 Å². The molecule has 0 radical (unpaired) electrons. The minimum Gasteiger partial charge on any atom is -0.496 e. The maximum atomic E-state index is 13.8. The third kappa shape index (κ3) is 21.7. The Labute approximate surface area is 776 Å². The molecular formula is C106H127ClF5N11O9. The summed E-state index contributed by atoms with van der Waals surface area (Å²) in [4.78, 5) is 67.6. The molecule has 132 heavy (non-hydrogen) atoms. The second kappa shape index (κ2) is 41.8. The predicted octanol–water partition coefficient (Wildman–Crippen LogP) is 19.5. The van der Waals surface area contributed by atoms with Gasteiger partial charge in [-0.3, -0.25) is 53.5 Å². The number of halogens is 6. The molecule has 3 unspecified atom stereocenters. The zero-order chi connectivity index (χ0) is 94.6. The van der Waals surface area contributed by atoms with E-state index >= 15 is 0 Å². The molecule has 0 saturated carbocycles. The van der Waals surface area contributed by atoms with Crippen molar-refractivity contribution in [3.63, 3.8) is 0 Å². The van der Waals surface area contributed by atoms with Crippen LogP contribution in [0.15, 0.2) is 183 Å². The highest BCUT2D eigenvalue weighted by atomic mass is 35.5. The summed E-state index contributed by atoms with van der Waals surface area (Å²) in [6, 6.07) is 44.1. The Morgan fingerprint density at radius 3 is 1.21 bits per heavy atom. The van der Waals surface area contributed by atoms with Crippen LogP contribution in [0.1, 0.15) is 122 Å². The van der Waals surface area contributed by atoms with E-state index in [2.05, 4.69) is 139 Å². The number of ether oxygens (including phenoxy) is 5. The second-order valence-electron chi connectivity index (χ2n) is 37.3. The first-order valence-corrected chi connectivity index (χ1v) is 46.5. The van der Waals surface area contributed by atoms with E-state index in [0.29, 0.717) is 86.1 Å². The molecule has 5 saturated heterocycles. The van der Waals surface area contributed by atoms with E-state index < -0.39 is 12.2 Å². The minimum atomic E-state index is -4.85. The largest absolute Gasteiger partial charge is 0.573 e. The number of methoxy groups -OCH3 is 4. The van der Waals surface area contributed by atoms with Gasteiger partial charge >= 0.3 is 6.36 Å². The smallest absolute Gasteiger partial charge is 0.496 e. The lowest BCUT2D eigenvalue weighted by Gasteiger charge is -2.43. The number of piperazine rings is 3. The van der Waals surface area contributed by atoms with Crippen molar-refractivity contribution in [1.29, 1.82) is 0 Å². The number of pyridine rings is 4. The van der Waals surface area contributed by atoms with Crippen LogP contribution < -0.4 is 45.9 Å². The minimum absolute atomic E-state index is 0.00548. The summed E-state index contributed by atoms with van der Waals surface area (Å²) in [5.41, 5.74) is 11.3. The highest BCUT2D eigenvalue weighted by molar-refractivity contribution is 6.31. The molecule has 12 aromatic rings. The predicted molar refractivity (Wildman–Crippen MR) is 522 cm³/mol. The summed E-state index contributed by atoms with van der Waals surface area (Å²) in [5.74, 6) is 3.62. The highest BCUT2D eigenvalue weighted by Crippen LogP contribution is 2.45. The Morgan fingerprint density at radius 1 is 0.394 bits per heavy atom. The van der Waals surface area contributed by atoms with Crippen LogP contribution in [0, 0.1) is 30.4 Å². The summed E-state index contributed by atoms with van der Waals surface area (Å²) in [6.07, 6.45) is 7.37. The quantitative estimate of drug-likeness (QED) is 0.0625. The summed E-state index contributed by atoms with van der Waals surface area (Å²) in [5, 5.41) is 5.46. The van der Waals surface area contributed by atoms with Gasteiger partial charge in [0.25, 0.3) is 22.2 Å². The van der Waals surface area contributed by atoms with Crippen molar-refractivity contribution in [3.8, 4) is 73.3 Å². The molecule has 8 aromatic carbocycles. The molecule has 702 valence electrons. The number of fused-ring (bicyclic) bond motifs is 6. The van der Waals surface area contributed by atoms with Gasteiger partial charge in [0.2, 0.25) is 0 Å². The summed E-state index contributed by atoms with van der Waals surface area (Å²) >= 11 is 6.18. The second-order valence-corrected chi connectivity index (χ2v) is 37.8. The molecule has 5 aliphatic rings. The molecular weight excluding hydrogens is 1700 g/mol.